The van der Waals surface area contributed by atoms with Gasteiger partial charge < -0.3 is 15.0 Å². The van der Waals surface area contributed by atoms with Crippen molar-refractivity contribution in [2.45, 2.75) is 18.9 Å². The summed E-state index contributed by atoms with van der Waals surface area (Å²) >= 11 is 0. The molecular weight excluding hydrogens is 352 g/mol. The number of hydrogen-bond donors (Lipinski definition) is 1. The van der Waals surface area contributed by atoms with E-state index in [0.29, 0.717) is 6.04 Å². The van der Waals surface area contributed by atoms with Crippen molar-refractivity contribution in [3.05, 3.63) is 35.9 Å². The molecule has 0 spiro atoms. The summed E-state index contributed by atoms with van der Waals surface area (Å²) in [7, 11) is 3.52. The zero-order valence-corrected chi connectivity index (χ0v) is 17.5. The molecule has 0 radical (unpaired) electrons. The summed E-state index contributed by atoms with van der Waals surface area (Å²) < 4.78 is 5.23. The highest BCUT2D eigenvalue weighted by molar-refractivity contribution is 5.78. The van der Waals surface area contributed by atoms with Gasteiger partial charge in [0.1, 0.15) is 0 Å². The van der Waals surface area contributed by atoms with E-state index in [2.05, 4.69) is 50.3 Å². The first-order valence-corrected chi connectivity index (χ1v) is 10.7. The third-order valence-corrected chi connectivity index (χ3v) is 6.28. The summed E-state index contributed by atoms with van der Waals surface area (Å²) in [6.45, 7) is 9.29. The van der Waals surface area contributed by atoms with Crippen molar-refractivity contribution < 1.29 is 9.53 Å². The van der Waals surface area contributed by atoms with Gasteiger partial charge in [-0.25, -0.2) is 0 Å². The smallest absolute Gasteiger partial charge is 0.222 e. The number of piperidine rings is 1. The minimum atomic E-state index is 0.181. The highest BCUT2D eigenvalue weighted by atomic mass is 16.5. The maximum Gasteiger partial charge on any atom is 0.222 e. The van der Waals surface area contributed by atoms with Gasteiger partial charge in [-0.1, -0.05) is 30.3 Å². The summed E-state index contributed by atoms with van der Waals surface area (Å²) in [5.41, 5.74) is 1.40. The van der Waals surface area contributed by atoms with Crippen LogP contribution in [0.4, 0.5) is 0 Å². The summed E-state index contributed by atoms with van der Waals surface area (Å²) in [6.07, 6.45) is 1.93. The molecule has 3 rings (SSSR count). The second-order valence-corrected chi connectivity index (χ2v) is 7.99. The van der Waals surface area contributed by atoms with E-state index < -0.39 is 0 Å². The van der Waals surface area contributed by atoms with E-state index in [1.807, 2.05) is 0 Å². The van der Waals surface area contributed by atoms with Crippen molar-refractivity contribution >= 4 is 5.91 Å². The van der Waals surface area contributed by atoms with E-state index in [1.54, 1.807) is 14.2 Å². The molecule has 1 atom stereocenters. The first-order chi connectivity index (χ1) is 13.7. The molecule has 1 amide bonds. The van der Waals surface area contributed by atoms with Crippen molar-refractivity contribution in [2.75, 3.05) is 73.1 Å². The molecule has 1 aromatic carbocycles. The predicted molar refractivity (Wildman–Crippen MR) is 112 cm³/mol. The lowest BCUT2D eigenvalue weighted by atomic mass is 9.95. The van der Waals surface area contributed by atoms with Gasteiger partial charge in [0.25, 0.3) is 0 Å². The fourth-order valence-corrected chi connectivity index (χ4v) is 4.45. The molecule has 6 heteroatoms. The van der Waals surface area contributed by atoms with Gasteiger partial charge in [0.15, 0.2) is 0 Å². The van der Waals surface area contributed by atoms with Gasteiger partial charge in [0.05, 0.1) is 6.61 Å². The average Bonchev–Trinajstić information content (AvgIpc) is 2.77. The van der Waals surface area contributed by atoms with Crippen molar-refractivity contribution in [3.63, 3.8) is 0 Å². The van der Waals surface area contributed by atoms with Crippen molar-refractivity contribution in [1.29, 1.82) is 0 Å². The first kappa shape index (κ1) is 21.2. The average molecular weight is 389 g/mol. The fraction of sp³-hybridized carbons (Fsp3) is 0.682. The Balaban J connectivity index is 1.59. The lowest BCUT2D eigenvalue weighted by Gasteiger charge is -2.42. The lowest BCUT2D eigenvalue weighted by Crippen LogP contribution is -2.51. The van der Waals surface area contributed by atoms with Gasteiger partial charge >= 0.3 is 0 Å². The van der Waals surface area contributed by atoms with Crippen LogP contribution >= 0.6 is 0 Å². The van der Waals surface area contributed by atoms with Crippen LogP contribution in [0, 0.1) is 5.92 Å². The number of likely N-dealkylation sites (tertiary alicyclic amines) is 1. The zero-order chi connectivity index (χ0) is 19.8. The van der Waals surface area contributed by atoms with Crippen LogP contribution in [0.2, 0.25) is 0 Å². The van der Waals surface area contributed by atoms with Gasteiger partial charge in [0.2, 0.25) is 5.91 Å². The van der Waals surface area contributed by atoms with Gasteiger partial charge in [-0.15, -0.1) is 0 Å². The minimum absolute atomic E-state index is 0.181. The maximum absolute atomic E-state index is 11.9. The molecule has 0 aromatic heterocycles. The summed E-state index contributed by atoms with van der Waals surface area (Å²) in [4.78, 5) is 19.6. The number of carbonyl (C=O) groups excluding carboxylic acids is 1. The predicted octanol–water partition coefficient (Wildman–Crippen LogP) is 1.45. The number of benzene rings is 1. The molecule has 28 heavy (non-hydrogen) atoms. The monoisotopic (exact) mass is 388 g/mol. The molecule has 1 unspecified atom stereocenters. The molecule has 2 heterocycles. The van der Waals surface area contributed by atoms with Crippen LogP contribution in [0.1, 0.15) is 24.4 Å². The Morgan fingerprint density at radius 3 is 2.36 bits per heavy atom. The second kappa shape index (κ2) is 10.9. The lowest BCUT2D eigenvalue weighted by molar-refractivity contribution is -0.126. The van der Waals surface area contributed by atoms with Crippen LogP contribution in [-0.2, 0) is 9.53 Å². The van der Waals surface area contributed by atoms with Gasteiger partial charge in [-0.3, -0.25) is 14.6 Å². The second-order valence-electron chi connectivity index (χ2n) is 7.99. The van der Waals surface area contributed by atoms with Crippen molar-refractivity contribution in [3.8, 4) is 0 Å². The molecule has 2 saturated heterocycles. The van der Waals surface area contributed by atoms with Crippen molar-refractivity contribution in [1.82, 2.24) is 20.0 Å². The van der Waals surface area contributed by atoms with Crippen LogP contribution in [-0.4, -0.2) is 93.7 Å². The molecule has 6 nitrogen and oxygen atoms in total. The largest absolute Gasteiger partial charge is 0.383 e. The number of amides is 1. The molecule has 0 aliphatic carbocycles. The van der Waals surface area contributed by atoms with E-state index in [1.165, 1.54) is 5.56 Å². The van der Waals surface area contributed by atoms with E-state index in [0.717, 1.165) is 71.8 Å². The Labute approximate surface area is 169 Å². The van der Waals surface area contributed by atoms with Gasteiger partial charge in [-0.2, -0.15) is 0 Å². The quantitative estimate of drug-likeness (QED) is 0.731. The molecule has 0 saturated carbocycles. The topological polar surface area (TPSA) is 48.1 Å². The van der Waals surface area contributed by atoms with E-state index >= 15 is 0 Å². The Hall–Kier alpha value is -1.47. The number of hydrogen-bond acceptors (Lipinski definition) is 5. The maximum atomic E-state index is 11.9. The number of ether oxygens (including phenoxy) is 1. The number of methoxy groups -OCH3 is 1. The van der Waals surface area contributed by atoms with Crippen molar-refractivity contribution in [2.24, 2.45) is 5.92 Å². The summed E-state index contributed by atoms with van der Waals surface area (Å²) in [5, 5.41) is 2.81. The number of carbonyl (C=O) groups is 1. The van der Waals surface area contributed by atoms with Crippen LogP contribution < -0.4 is 5.32 Å². The Bertz CT molecular complexity index is 581. The number of nitrogens with zero attached hydrogens (tertiary/aromatic N) is 3. The van der Waals surface area contributed by atoms with Crippen LogP contribution in [0.5, 0.6) is 0 Å². The third kappa shape index (κ3) is 5.77. The van der Waals surface area contributed by atoms with Crippen LogP contribution in [0.15, 0.2) is 30.3 Å². The number of rotatable bonds is 8. The third-order valence-electron chi connectivity index (χ3n) is 6.28. The number of nitrogens with one attached hydrogen (secondary N) is 1. The van der Waals surface area contributed by atoms with Crippen LogP contribution in [0.3, 0.4) is 0 Å². The van der Waals surface area contributed by atoms with Crippen LogP contribution in [0.25, 0.3) is 0 Å². The zero-order valence-electron chi connectivity index (χ0n) is 17.5. The highest BCUT2D eigenvalue weighted by Gasteiger charge is 2.29. The Kier molecular flexibility index (Phi) is 8.27. The molecule has 1 N–H and O–H groups in total. The van der Waals surface area contributed by atoms with E-state index in [9.17, 15) is 4.79 Å². The van der Waals surface area contributed by atoms with E-state index in [-0.39, 0.29) is 11.8 Å². The Morgan fingerprint density at radius 1 is 1.07 bits per heavy atom. The Morgan fingerprint density at radius 2 is 1.75 bits per heavy atom. The molecule has 0 bridgehead atoms. The molecular formula is C22H36N4O2. The molecule has 2 aliphatic rings. The minimum Gasteiger partial charge on any atom is -0.383 e. The standard InChI is InChI=1S/C22H36N4O2/c1-23-22(27)20-8-10-25(11-9-20)18-21(19-6-4-3-5-7-19)26-14-12-24(13-15-26)16-17-28-2/h3-7,20-21H,8-18H2,1-2H3,(H,23,27). The first-order valence-electron chi connectivity index (χ1n) is 10.7. The molecule has 2 fully saturated rings. The highest BCUT2D eigenvalue weighted by Crippen LogP contribution is 2.26. The van der Waals surface area contributed by atoms with Gasteiger partial charge in [-0.05, 0) is 31.5 Å². The normalized spacial score (nSPS) is 21.5. The number of piperazine rings is 1. The molecule has 2 aliphatic heterocycles. The van der Waals surface area contributed by atoms with E-state index in [4.69, 9.17) is 4.74 Å². The SMILES string of the molecule is CNC(=O)C1CCN(CC(c2ccccc2)N2CCN(CCOC)CC2)CC1. The summed E-state index contributed by atoms with van der Waals surface area (Å²) in [5.74, 6) is 0.382. The fourth-order valence-electron chi connectivity index (χ4n) is 4.45. The molecule has 1 aromatic rings. The molecule has 156 valence electrons. The van der Waals surface area contributed by atoms with Gasteiger partial charge in [0, 0.05) is 65.4 Å². The summed E-state index contributed by atoms with van der Waals surface area (Å²) in [6, 6.07) is 11.3.